The zero-order valence-corrected chi connectivity index (χ0v) is 17.9. The molecule has 2 N–H and O–H groups in total. The summed E-state index contributed by atoms with van der Waals surface area (Å²) < 4.78 is 38.1. The van der Waals surface area contributed by atoms with Gasteiger partial charge in [-0.2, -0.15) is 0 Å². The molecule has 0 radical (unpaired) electrons. The molecule has 1 aliphatic rings. The highest BCUT2D eigenvalue weighted by Gasteiger charge is 2.30. The number of carbonyl (C=O) groups is 1. The van der Waals surface area contributed by atoms with Crippen LogP contribution < -0.4 is 19.5 Å². The molecule has 10 heteroatoms. The standard InChI is InChI=1S/C19H20Cl2N2O5S/c1-27-13-4-6-14(7-5-13)28-9-8-22-19(24)15-10-18(17(21)11-16(15)20)29(25,26)23-12-2-3-12/h4-7,10-12,23H,2-3,8-9H2,1H3,(H,22,24). The van der Waals surface area contributed by atoms with Crippen LogP contribution in [0.4, 0.5) is 0 Å². The van der Waals surface area contributed by atoms with Crippen molar-refractivity contribution in [3.05, 3.63) is 52.0 Å². The zero-order valence-electron chi connectivity index (χ0n) is 15.6. The van der Waals surface area contributed by atoms with Gasteiger partial charge in [0.15, 0.2) is 0 Å². The smallest absolute Gasteiger partial charge is 0.252 e. The van der Waals surface area contributed by atoms with E-state index < -0.39 is 15.9 Å². The summed E-state index contributed by atoms with van der Waals surface area (Å²) in [6, 6.07) is 9.39. The number of halogens is 2. The van der Waals surface area contributed by atoms with Gasteiger partial charge in [0.2, 0.25) is 10.0 Å². The number of carbonyl (C=O) groups excluding carboxylic acids is 1. The predicted molar refractivity (Wildman–Crippen MR) is 111 cm³/mol. The molecule has 0 bridgehead atoms. The second-order valence-electron chi connectivity index (χ2n) is 6.44. The van der Waals surface area contributed by atoms with Crippen molar-refractivity contribution in [2.24, 2.45) is 0 Å². The van der Waals surface area contributed by atoms with Crippen LogP contribution in [-0.4, -0.2) is 40.6 Å². The van der Waals surface area contributed by atoms with Crippen molar-refractivity contribution < 1.29 is 22.7 Å². The van der Waals surface area contributed by atoms with Crippen molar-refractivity contribution in [3.8, 4) is 11.5 Å². The van der Waals surface area contributed by atoms with Crippen molar-refractivity contribution in [1.29, 1.82) is 0 Å². The van der Waals surface area contributed by atoms with Gasteiger partial charge in [-0.15, -0.1) is 0 Å². The molecule has 0 saturated heterocycles. The molecule has 1 aliphatic carbocycles. The van der Waals surface area contributed by atoms with Gasteiger partial charge in [0.05, 0.1) is 29.3 Å². The summed E-state index contributed by atoms with van der Waals surface area (Å²) in [4.78, 5) is 12.3. The minimum absolute atomic E-state index is 0.0247. The Hall–Kier alpha value is -2.00. The van der Waals surface area contributed by atoms with E-state index >= 15 is 0 Å². The quantitative estimate of drug-likeness (QED) is 0.562. The highest BCUT2D eigenvalue weighted by molar-refractivity contribution is 7.89. The maximum atomic E-state index is 12.5. The number of hydrogen-bond donors (Lipinski definition) is 2. The largest absolute Gasteiger partial charge is 0.497 e. The molecule has 0 atom stereocenters. The topological polar surface area (TPSA) is 93.7 Å². The lowest BCUT2D eigenvalue weighted by Gasteiger charge is -2.12. The van der Waals surface area contributed by atoms with Gasteiger partial charge >= 0.3 is 0 Å². The Morgan fingerprint density at radius 1 is 1.10 bits per heavy atom. The molecule has 0 aliphatic heterocycles. The molecule has 1 saturated carbocycles. The summed E-state index contributed by atoms with van der Waals surface area (Å²) in [5, 5.41) is 2.68. The van der Waals surface area contributed by atoms with Crippen LogP contribution in [0.5, 0.6) is 11.5 Å². The van der Waals surface area contributed by atoms with E-state index in [1.165, 1.54) is 12.1 Å². The van der Waals surface area contributed by atoms with E-state index in [2.05, 4.69) is 10.0 Å². The fourth-order valence-corrected chi connectivity index (χ4v) is 4.66. The summed E-state index contributed by atoms with van der Waals surface area (Å²) in [6.07, 6.45) is 1.57. The van der Waals surface area contributed by atoms with Crippen molar-refractivity contribution in [2.75, 3.05) is 20.3 Å². The fourth-order valence-electron chi connectivity index (χ4n) is 2.49. The number of nitrogens with one attached hydrogen (secondary N) is 2. The van der Waals surface area contributed by atoms with Crippen LogP contribution in [0.3, 0.4) is 0 Å². The Bertz CT molecular complexity index is 992. The molecule has 0 aromatic heterocycles. The Balaban J connectivity index is 1.61. The summed E-state index contributed by atoms with van der Waals surface area (Å²) in [6.45, 7) is 0.421. The minimum atomic E-state index is -3.82. The highest BCUT2D eigenvalue weighted by Crippen LogP contribution is 2.30. The summed E-state index contributed by atoms with van der Waals surface area (Å²) >= 11 is 12.1. The highest BCUT2D eigenvalue weighted by atomic mass is 35.5. The van der Waals surface area contributed by atoms with Crippen molar-refractivity contribution in [1.82, 2.24) is 10.0 Å². The van der Waals surface area contributed by atoms with Gasteiger partial charge in [-0.25, -0.2) is 13.1 Å². The SMILES string of the molecule is COc1ccc(OCCNC(=O)c2cc(S(=O)(=O)NC3CC3)c(Cl)cc2Cl)cc1. The molecule has 156 valence electrons. The van der Waals surface area contributed by atoms with Crippen molar-refractivity contribution in [3.63, 3.8) is 0 Å². The number of ether oxygens (including phenoxy) is 2. The van der Waals surface area contributed by atoms with Crippen LogP contribution in [0, 0.1) is 0 Å². The van der Waals surface area contributed by atoms with Crippen molar-refractivity contribution in [2.45, 2.75) is 23.8 Å². The van der Waals surface area contributed by atoms with E-state index in [-0.39, 0.29) is 39.7 Å². The van der Waals surface area contributed by atoms with Crippen LogP contribution in [0.15, 0.2) is 41.3 Å². The number of sulfonamides is 1. The molecule has 2 aromatic rings. The van der Waals surface area contributed by atoms with E-state index in [4.69, 9.17) is 32.7 Å². The molecular weight excluding hydrogens is 439 g/mol. The van der Waals surface area contributed by atoms with Gasteiger partial charge < -0.3 is 14.8 Å². The van der Waals surface area contributed by atoms with E-state index in [0.29, 0.717) is 11.5 Å². The molecule has 29 heavy (non-hydrogen) atoms. The first-order chi connectivity index (χ1) is 13.8. The Labute approximate surface area is 179 Å². The molecule has 0 heterocycles. The van der Waals surface area contributed by atoms with E-state index in [9.17, 15) is 13.2 Å². The first kappa shape index (κ1) is 21.7. The molecule has 2 aromatic carbocycles. The summed E-state index contributed by atoms with van der Waals surface area (Å²) in [7, 11) is -2.25. The average molecular weight is 459 g/mol. The fraction of sp³-hybridized carbons (Fsp3) is 0.316. The maximum Gasteiger partial charge on any atom is 0.252 e. The number of hydrogen-bond acceptors (Lipinski definition) is 5. The maximum absolute atomic E-state index is 12.5. The van der Waals surface area contributed by atoms with Crippen molar-refractivity contribution >= 4 is 39.1 Å². The van der Waals surface area contributed by atoms with Crippen LogP contribution in [-0.2, 0) is 10.0 Å². The second kappa shape index (κ2) is 9.21. The number of rotatable bonds is 9. The second-order valence-corrected chi connectivity index (χ2v) is 8.93. The number of methoxy groups -OCH3 is 1. The lowest BCUT2D eigenvalue weighted by molar-refractivity contribution is 0.0947. The van der Waals surface area contributed by atoms with Crippen LogP contribution >= 0.6 is 23.2 Å². The predicted octanol–water partition coefficient (Wildman–Crippen LogP) is 3.25. The third-order valence-corrected chi connectivity index (χ3v) is 6.47. The number of benzene rings is 2. The molecule has 0 unspecified atom stereocenters. The number of amides is 1. The minimum Gasteiger partial charge on any atom is -0.497 e. The lowest BCUT2D eigenvalue weighted by Crippen LogP contribution is -2.29. The van der Waals surface area contributed by atoms with E-state index in [1.807, 2.05) is 0 Å². The third kappa shape index (κ3) is 5.76. The van der Waals surface area contributed by atoms with Gasteiger partial charge in [-0.3, -0.25) is 4.79 Å². The summed E-state index contributed by atoms with van der Waals surface area (Å²) in [5.41, 5.74) is 0.0247. The van der Waals surface area contributed by atoms with Gasteiger partial charge in [0.1, 0.15) is 23.0 Å². The first-order valence-corrected chi connectivity index (χ1v) is 11.1. The van der Waals surface area contributed by atoms with E-state index in [1.54, 1.807) is 31.4 Å². The molecule has 1 amide bonds. The monoisotopic (exact) mass is 458 g/mol. The molecule has 1 fully saturated rings. The van der Waals surface area contributed by atoms with Crippen LogP contribution in [0.2, 0.25) is 10.0 Å². The molecule has 3 rings (SSSR count). The van der Waals surface area contributed by atoms with Gasteiger partial charge in [-0.1, -0.05) is 23.2 Å². The Morgan fingerprint density at radius 3 is 2.38 bits per heavy atom. The van der Waals surface area contributed by atoms with Crippen LogP contribution in [0.25, 0.3) is 0 Å². The molecule has 7 nitrogen and oxygen atoms in total. The zero-order chi connectivity index (χ0) is 21.0. The normalized spacial score (nSPS) is 13.8. The van der Waals surface area contributed by atoms with Gasteiger partial charge in [0, 0.05) is 6.04 Å². The molecule has 0 spiro atoms. The molecular formula is C19H20Cl2N2O5S. The average Bonchev–Trinajstić information content (AvgIpc) is 3.48. The lowest BCUT2D eigenvalue weighted by atomic mass is 10.2. The van der Waals surface area contributed by atoms with Gasteiger partial charge in [-0.05, 0) is 49.2 Å². The Kier molecular flexibility index (Phi) is 6.89. The Morgan fingerprint density at radius 2 is 1.76 bits per heavy atom. The van der Waals surface area contributed by atoms with Gasteiger partial charge in [0.25, 0.3) is 5.91 Å². The van der Waals surface area contributed by atoms with E-state index in [0.717, 1.165) is 12.8 Å². The summed E-state index contributed by atoms with van der Waals surface area (Å²) in [5.74, 6) is 0.821. The first-order valence-electron chi connectivity index (χ1n) is 8.86. The van der Waals surface area contributed by atoms with Crippen LogP contribution in [0.1, 0.15) is 23.2 Å². The third-order valence-electron chi connectivity index (χ3n) is 4.17.